The molecule has 2 heterocycles. The number of nitrogens with one attached hydrogen (secondary N) is 1. The van der Waals surface area contributed by atoms with Crippen LogP contribution in [0.2, 0.25) is 0 Å². The van der Waals surface area contributed by atoms with E-state index in [0.29, 0.717) is 17.3 Å². The lowest BCUT2D eigenvalue weighted by atomic mass is 10.2. The molecule has 1 aromatic carbocycles. The second-order valence-corrected chi connectivity index (χ2v) is 7.78. The molecule has 0 spiro atoms. The van der Waals surface area contributed by atoms with Crippen LogP contribution in [0.3, 0.4) is 0 Å². The largest absolute Gasteiger partial charge is 0.494 e. The number of rotatable bonds is 7. The average Bonchev–Trinajstić information content (AvgIpc) is 3.06. The minimum Gasteiger partial charge on any atom is -0.494 e. The highest BCUT2D eigenvalue weighted by atomic mass is 32.1. The van der Waals surface area contributed by atoms with E-state index < -0.39 is 0 Å². The van der Waals surface area contributed by atoms with Gasteiger partial charge in [0, 0.05) is 30.6 Å². The molecule has 146 valence electrons. The van der Waals surface area contributed by atoms with Crippen molar-refractivity contribution in [3.05, 3.63) is 40.9 Å². The second-order valence-electron chi connectivity index (χ2n) is 6.92. The molecule has 1 saturated heterocycles. The smallest absolute Gasteiger partial charge is 0.257 e. The van der Waals surface area contributed by atoms with Gasteiger partial charge in [0.1, 0.15) is 5.75 Å². The molecule has 1 aliphatic rings. The Morgan fingerprint density at radius 1 is 1.30 bits per heavy atom. The van der Waals surface area contributed by atoms with E-state index in [1.165, 1.54) is 11.3 Å². The molecule has 0 radical (unpaired) electrons. The van der Waals surface area contributed by atoms with Gasteiger partial charge < -0.3 is 9.47 Å². The monoisotopic (exact) mass is 389 g/mol. The molecule has 2 atom stereocenters. The molecule has 2 unspecified atom stereocenters. The van der Waals surface area contributed by atoms with Gasteiger partial charge in [-0.15, -0.1) is 11.3 Å². The summed E-state index contributed by atoms with van der Waals surface area (Å²) < 4.78 is 11.3. The summed E-state index contributed by atoms with van der Waals surface area (Å²) in [5.74, 6) is 0.616. The van der Waals surface area contributed by atoms with Gasteiger partial charge in [0.15, 0.2) is 5.13 Å². The van der Waals surface area contributed by atoms with Crippen molar-refractivity contribution in [1.82, 2.24) is 9.88 Å². The Labute approximate surface area is 164 Å². The fourth-order valence-corrected chi connectivity index (χ4v) is 3.87. The minimum absolute atomic E-state index is 0.161. The first-order valence-corrected chi connectivity index (χ1v) is 10.3. The van der Waals surface area contributed by atoms with Crippen molar-refractivity contribution >= 4 is 22.4 Å². The number of carbonyl (C=O) groups excluding carboxylic acids is 1. The van der Waals surface area contributed by atoms with Crippen LogP contribution in [0.4, 0.5) is 5.13 Å². The Balaban J connectivity index is 1.54. The first kappa shape index (κ1) is 19.8. The number of nitrogens with zero attached hydrogens (tertiary/aromatic N) is 2. The number of amides is 1. The van der Waals surface area contributed by atoms with Gasteiger partial charge in [0.25, 0.3) is 5.91 Å². The topological polar surface area (TPSA) is 63.7 Å². The van der Waals surface area contributed by atoms with Crippen LogP contribution < -0.4 is 10.1 Å². The summed E-state index contributed by atoms with van der Waals surface area (Å²) in [6, 6.07) is 7.17. The third-order valence-corrected chi connectivity index (χ3v) is 5.05. The Kier molecular flexibility index (Phi) is 6.82. The zero-order valence-corrected chi connectivity index (χ0v) is 16.9. The number of aromatic nitrogens is 1. The summed E-state index contributed by atoms with van der Waals surface area (Å²) >= 11 is 1.45. The Morgan fingerprint density at radius 2 is 2.00 bits per heavy atom. The van der Waals surface area contributed by atoms with E-state index in [4.69, 9.17) is 9.47 Å². The van der Waals surface area contributed by atoms with Gasteiger partial charge in [-0.1, -0.05) is 6.92 Å². The molecule has 6 nitrogen and oxygen atoms in total. The third kappa shape index (κ3) is 5.76. The van der Waals surface area contributed by atoms with Gasteiger partial charge in [-0.2, -0.15) is 0 Å². The first-order valence-electron chi connectivity index (χ1n) is 9.40. The van der Waals surface area contributed by atoms with Gasteiger partial charge in [-0.3, -0.25) is 15.0 Å². The number of benzene rings is 1. The summed E-state index contributed by atoms with van der Waals surface area (Å²) in [5.41, 5.74) is 1.56. The van der Waals surface area contributed by atoms with Crippen LogP contribution in [0.15, 0.2) is 29.6 Å². The number of thiazole rings is 1. The molecule has 0 saturated carbocycles. The van der Waals surface area contributed by atoms with Crippen molar-refractivity contribution in [3.63, 3.8) is 0 Å². The van der Waals surface area contributed by atoms with Gasteiger partial charge in [-0.25, -0.2) is 4.98 Å². The van der Waals surface area contributed by atoms with Gasteiger partial charge in [-0.05, 0) is 44.5 Å². The molecule has 7 heteroatoms. The van der Waals surface area contributed by atoms with E-state index in [1.54, 1.807) is 12.1 Å². The van der Waals surface area contributed by atoms with Crippen molar-refractivity contribution in [2.24, 2.45) is 0 Å². The van der Waals surface area contributed by atoms with Gasteiger partial charge in [0.2, 0.25) is 0 Å². The second kappa shape index (κ2) is 9.30. The molecule has 1 amide bonds. The molecule has 27 heavy (non-hydrogen) atoms. The SMILES string of the molecule is CCCOc1ccc(C(=O)Nc2nc(CN3CC(C)OC(C)C3)cs2)cc1. The summed E-state index contributed by atoms with van der Waals surface area (Å²) in [6.07, 6.45) is 1.42. The van der Waals surface area contributed by atoms with Gasteiger partial charge >= 0.3 is 0 Å². The van der Waals surface area contributed by atoms with Gasteiger partial charge in [0.05, 0.1) is 24.5 Å². The highest BCUT2D eigenvalue weighted by Gasteiger charge is 2.22. The fraction of sp³-hybridized carbons (Fsp3) is 0.500. The van der Waals surface area contributed by atoms with E-state index in [0.717, 1.165) is 37.5 Å². The zero-order chi connectivity index (χ0) is 19.2. The number of hydrogen-bond donors (Lipinski definition) is 1. The lowest BCUT2D eigenvalue weighted by Gasteiger charge is -2.34. The minimum atomic E-state index is -0.161. The highest BCUT2D eigenvalue weighted by Crippen LogP contribution is 2.20. The van der Waals surface area contributed by atoms with E-state index in [2.05, 4.69) is 36.0 Å². The normalized spacial score (nSPS) is 20.4. The van der Waals surface area contributed by atoms with E-state index in [9.17, 15) is 4.79 Å². The quantitative estimate of drug-likeness (QED) is 0.780. The first-order chi connectivity index (χ1) is 13.0. The molecule has 1 N–H and O–H groups in total. The van der Waals surface area contributed by atoms with Crippen molar-refractivity contribution in [2.75, 3.05) is 25.0 Å². The molecule has 1 fully saturated rings. The molecule has 0 bridgehead atoms. The summed E-state index contributed by atoms with van der Waals surface area (Å²) in [6.45, 7) is 9.49. The van der Waals surface area contributed by atoms with Crippen LogP contribution in [0.5, 0.6) is 5.75 Å². The van der Waals surface area contributed by atoms with Crippen LogP contribution in [-0.4, -0.2) is 47.7 Å². The molecule has 1 aliphatic heterocycles. The van der Waals surface area contributed by atoms with Crippen LogP contribution in [0.25, 0.3) is 0 Å². The number of hydrogen-bond acceptors (Lipinski definition) is 6. The maximum Gasteiger partial charge on any atom is 0.257 e. The predicted molar refractivity (Wildman–Crippen MR) is 108 cm³/mol. The summed E-state index contributed by atoms with van der Waals surface area (Å²) in [7, 11) is 0. The van der Waals surface area contributed by atoms with E-state index in [1.807, 2.05) is 17.5 Å². The van der Waals surface area contributed by atoms with E-state index in [-0.39, 0.29) is 18.1 Å². The van der Waals surface area contributed by atoms with Crippen molar-refractivity contribution in [1.29, 1.82) is 0 Å². The number of morpholine rings is 1. The van der Waals surface area contributed by atoms with Crippen LogP contribution in [0, 0.1) is 0 Å². The highest BCUT2D eigenvalue weighted by molar-refractivity contribution is 7.13. The van der Waals surface area contributed by atoms with Crippen LogP contribution >= 0.6 is 11.3 Å². The lowest BCUT2D eigenvalue weighted by Crippen LogP contribution is -2.44. The van der Waals surface area contributed by atoms with Crippen molar-refractivity contribution in [2.45, 2.75) is 45.9 Å². The zero-order valence-electron chi connectivity index (χ0n) is 16.1. The van der Waals surface area contributed by atoms with Crippen molar-refractivity contribution < 1.29 is 14.3 Å². The average molecular weight is 390 g/mol. The van der Waals surface area contributed by atoms with Crippen LogP contribution in [0.1, 0.15) is 43.2 Å². The standard InChI is InChI=1S/C20H27N3O3S/c1-4-9-25-18-7-5-16(6-8-18)19(24)22-20-21-17(13-27-20)12-23-10-14(2)26-15(3)11-23/h5-8,13-15H,4,9-12H2,1-3H3,(H,21,22,24). The molecular weight excluding hydrogens is 362 g/mol. The molecule has 3 rings (SSSR count). The number of carbonyl (C=O) groups is 1. The fourth-order valence-electron chi connectivity index (χ4n) is 3.17. The third-order valence-electron chi connectivity index (χ3n) is 4.24. The summed E-state index contributed by atoms with van der Waals surface area (Å²) in [4.78, 5) is 19.3. The maximum absolute atomic E-state index is 12.4. The molecule has 1 aromatic heterocycles. The number of anilines is 1. The molecular formula is C20H27N3O3S. The predicted octanol–water partition coefficient (Wildman–Crippen LogP) is 3.79. The molecule has 2 aromatic rings. The summed E-state index contributed by atoms with van der Waals surface area (Å²) in [5, 5.41) is 5.50. The maximum atomic E-state index is 12.4. The van der Waals surface area contributed by atoms with Crippen molar-refractivity contribution in [3.8, 4) is 5.75 Å². The lowest BCUT2D eigenvalue weighted by molar-refractivity contribution is -0.0707. The Morgan fingerprint density at radius 3 is 2.67 bits per heavy atom. The molecule has 0 aliphatic carbocycles. The Hall–Kier alpha value is -1.96. The van der Waals surface area contributed by atoms with Crippen LogP contribution in [-0.2, 0) is 11.3 Å². The Bertz CT molecular complexity index is 737. The number of ether oxygens (including phenoxy) is 2. The van der Waals surface area contributed by atoms with E-state index >= 15 is 0 Å².